The SMILES string of the molecule is O=C1CCCC(=O)NCC1. The highest BCUT2D eigenvalue weighted by molar-refractivity contribution is 5.82. The van der Waals surface area contributed by atoms with Crippen LogP contribution in [-0.2, 0) is 9.59 Å². The van der Waals surface area contributed by atoms with Crippen molar-refractivity contribution in [2.24, 2.45) is 0 Å². The lowest BCUT2D eigenvalue weighted by atomic mass is 10.1. The average molecular weight is 141 g/mol. The number of nitrogens with one attached hydrogen (secondary N) is 1. The monoisotopic (exact) mass is 141 g/mol. The number of ketones is 1. The van der Waals surface area contributed by atoms with E-state index in [1.54, 1.807) is 0 Å². The molecule has 0 unspecified atom stereocenters. The fraction of sp³-hybridized carbons (Fsp3) is 0.714. The molecule has 10 heavy (non-hydrogen) atoms. The third-order valence-electron chi connectivity index (χ3n) is 1.59. The van der Waals surface area contributed by atoms with Gasteiger partial charge in [0.05, 0.1) is 0 Å². The van der Waals surface area contributed by atoms with Gasteiger partial charge in [-0.25, -0.2) is 0 Å². The molecule has 56 valence electrons. The zero-order valence-electron chi connectivity index (χ0n) is 5.85. The van der Waals surface area contributed by atoms with E-state index in [-0.39, 0.29) is 11.7 Å². The van der Waals surface area contributed by atoms with Crippen molar-refractivity contribution in [1.82, 2.24) is 5.32 Å². The Labute approximate surface area is 59.8 Å². The summed E-state index contributed by atoms with van der Waals surface area (Å²) in [4.78, 5) is 21.5. The lowest BCUT2D eigenvalue weighted by Gasteiger charge is -2.07. The number of carbonyl (C=O) groups excluding carboxylic acids is 2. The highest BCUT2D eigenvalue weighted by Gasteiger charge is 2.09. The first-order valence-electron chi connectivity index (χ1n) is 3.57. The molecule has 1 fully saturated rings. The summed E-state index contributed by atoms with van der Waals surface area (Å²) in [5, 5.41) is 2.66. The number of hydrogen-bond donors (Lipinski definition) is 1. The predicted octanol–water partition coefficient (Wildman–Crippen LogP) is 0.246. The third kappa shape index (κ3) is 2.17. The molecule has 0 radical (unpaired) electrons. The van der Waals surface area contributed by atoms with Crippen molar-refractivity contribution in [3.05, 3.63) is 0 Å². The van der Waals surface area contributed by atoms with E-state index in [9.17, 15) is 9.59 Å². The van der Waals surface area contributed by atoms with E-state index in [0.29, 0.717) is 32.2 Å². The number of rotatable bonds is 0. The van der Waals surface area contributed by atoms with Gasteiger partial charge in [-0.1, -0.05) is 0 Å². The van der Waals surface area contributed by atoms with E-state index in [2.05, 4.69) is 5.32 Å². The van der Waals surface area contributed by atoms with Gasteiger partial charge in [-0.3, -0.25) is 9.59 Å². The molecule has 1 rings (SSSR count). The van der Waals surface area contributed by atoms with Crippen LogP contribution in [-0.4, -0.2) is 18.2 Å². The van der Waals surface area contributed by atoms with Crippen LogP contribution < -0.4 is 5.32 Å². The van der Waals surface area contributed by atoms with Gasteiger partial charge in [-0.05, 0) is 6.42 Å². The van der Waals surface area contributed by atoms with E-state index in [4.69, 9.17) is 0 Å². The summed E-state index contributed by atoms with van der Waals surface area (Å²) in [6.45, 7) is 0.525. The normalized spacial score (nSPS) is 21.2. The lowest BCUT2D eigenvalue weighted by Crippen LogP contribution is -2.27. The minimum atomic E-state index is 0.0764. The Morgan fingerprint density at radius 1 is 1.10 bits per heavy atom. The Hall–Kier alpha value is -0.860. The highest BCUT2D eigenvalue weighted by Crippen LogP contribution is 2.01. The zero-order valence-corrected chi connectivity index (χ0v) is 5.85. The molecular weight excluding hydrogens is 130 g/mol. The number of amides is 1. The minimum Gasteiger partial charge on any atom is -0.356 e. The summed E-state index contributed by atoms with van der Waals surface area (Å²) in [5.74, 6) is 0.340. The lowest BCUT2D eigenvalue weighted by molar-refractivity contribution is -0.123. The Kier molecular flexibility index (Phi) is 2.42. The van der Waals surface area contributed by atoms with Crippen LogP contribution in [0.4, 0.5) is 0 Å². The Balaban J connectivity index is 2.34. The number of hydrogen-bond acceptors (Lipinski definition) is 2. The van der Waals surface area contributed by atoms with Gasteiger partial charge < -0.3 is 5.32 Å². The standard InChI is InChI=1S/C7H11NO2/c9-6-2-1-3-7(10)8-5-4-6/h1-5H2,(H,8,10). The Morgan fingerprint density at radius 3 is 2.70 bits per heavy atom. The van der Waals surface area contributed by atoms with Gasteiger partial charge in [0, 0.05) is 25.8 Å². The highest BCUT2D eigenvalue weighted by atomic mass is 16.1. The minimum absolute atomic E-state index is 0.0764. The van der Waals surface area contributed by atoms with Crippen molar-refractivity contribution in [3.63, 3.8) is 0 Å². The molecule has 1 aliphatic rings. The quantitative estimate of drug-likeness (QED) is 0.525. The summed E-state index contributed by atoms with van der Waals surface area (Å²) in [7, 11) is 0. The number of carbonyl (C=O) groups is 2. The van der Waals surface area contributed by atoms with Crippen LogP contribution in [0.2, 0.25) is 0 Å². The van der Waals surface area contributed by atoms with Crippen LogP contribution in [0.25, 0.3) is 0 Å². The molecule has 0 aliphatic carbocycles. The molecule has 0 atom stereocenters. The van der Waals surface area contributed by atoms with E-state index in [1.807, 2.05) is 0 Å². The fourth-order valence-electron chi connectivity index (χ4n) is 1.00. The molecule has 0 saturated carbocycles. The molecule has 0 aromatic rings. The molecule has 1 amide bonds. The maximum Gasteiger partial charge on any atom is 0.220 e. The fourth-order valence-corrected chi connectivity index (χ4v) is 1.00. The van der Waals surface area contributed by atoms with E-state index in [0.717, 1.165) is 0 Å². The van der Waals surface area contributed by atoms with Crippen LogP contribution in [0.5, 0.6) is 0 Å². The molecule has 1 saturated heterocycles. The van der Waals surface area contributed by atoms with Gasteiger partial charge in [0.1, 0.15) is 5.78 Å². The van der Waals surface area contributed by atoms with E-state index < -0.39 is 0 Å². The maximum absolute atomic E-state index is 10.8. The van der Waals surface area contributed by atoms with Crippen molar-refractivity contribution >= 4 is 11.7 Å². The topological polar surface area (TPSA) is 46.2 Å². The smallest absolute Gasteiger partial charge is 0.220 e. The second kappa shape index (κ2) is 3.34. The van der Waals surface area contributed by atoms with Gasteiger partial charge in [0.2, 0.25) is 5.91 Å². The van der Waals surface area contributed by atoms with Gasteiger partial charge in [-0.2, -0.15) is 0 Å². The Bertz CT molecular complexity index is 124. The first-order chi connectivity index (χ1) is 4.79. The van der Waals surface area contributed by atoms with Crippen LogP contribution in [0.3, 0.4) is 0 Å². The van der Waals surface area contributed by atoms with Crippen LogP contribution in [0.1, 0.15) is 25.7 Å². The summed E-state index contributed by atoms with van der Waals surface area (Å²) in [6.07, 6.45) is 2.30. The van der Waals surface area contributed by atoms with Crippen molar-refractivity contribution < 1.29 is 9.59 Å². The molecule has 1 N–H and O–H groups in total. The zero-order chi connectivity index (χ0) is 7.40. The second-order valence-corrected chi connectivity index (χ2v) is 2.49. The largest absolute Gasteiger partial charge is 0.356 e. The van der Waals surface area contributed by atoms with Crippen molar-refractivity contribution in [1.29, 1.82) is 0 Å². The summed E-state index contributed by atoms with van der Waals surface area (Å²) < 4.78 is 0. The van der Waals surface area contributed by atoms with Crippen molar-refractivity contribution in [3.8, 4) is 0 Å². The van der Waals surface area contributed by atoms with Gasteiger partial charge in [0.25, 0.3) is 0 Å². The van der Waals surface area contributed by atoms with Gasteiger partial charge in [-0.15, -0.1) is 0 Å². The average Bonchev–Trinajstić information content (AvgIpc) is 1.84. The molecule has 0 aromatic carbocycles. The van der Waals surface area contributed by atoms with Crippen molar-refractivity contribution in [2.75, 3.05) is 6.54 Å². The van der Waals surface area contributed by atoms with Crippen LogP contribution in [0.15, 0.2) is 0 Å². The molecule has 3 nitrogen and oxygen atoms in total. The molecule has 0 spiro atoms. The van der Waals surface area contributed by atoms with Gasteiger partial charge >= 0.3 is 0 Å². The number of Topliss-reactive ketones (excluding diaryl/α,β-unsaturated/α-hetero) is 1. The van der Waals surface area contributed by atoms with Crippen molar-refractivity contribution in [2.45, 2.75) is 25.7 Å². The third-order valence-corrected chi connectivity index (χ3v) is 1.59. The van der Waals surface area contributed by atoms with E-state index in [1.165, 1.54) is 0 Å². The molecule has 1 heterocycles. The van der Waals surface area contributed by atoms with Crippen LogP contribution in [0, 0.1) is 0 Å². The molecule has 1 aliphatic heterocycles. The Morgan fingerprint density at radius 2 is 1.90 bits per heavy atom. The van der Waals surface area contributed by atoms with Crippen LogP contribution >= 0.6 is 0 Å². The predicted molar refractivity (Wildman–Crippen MR) is 36.5 cm³/mol. The first kappa shape index (κ1) is 7.25. The first-order valence-corrected chi connectivity index (χ1v) is 3.57. The van der Waals surface area contributed by atoms with E-state index >= 15 is 0 Å². The molecular formula is C7H11NO2. The second-order valence-electron chi connectivity index (χ2n) is 2.49. The molecule has 0 bridgehead atoms. The molecule has 3 heteroatoms. The summed E-state index contributed by atoms with van der Waals surface area (Å²) in [6, 6.07) is 0. The molecule has 0 aromatic heterocycles. The van der Waals surface area contributed by atoms with Gasteiger partial charge in [0.15, 0.2) is 0 Å². The maximum atomic E-state index is 10.8. The summed E-state index contributed by atoms with van der Waals surface area (Å²) >= 11 is 0. The summed E-state index contributed by atoms with van der Waals surface area (Å²) in [5.41, 5.74) is 0.